The highest BCUT2D eigenvalue weighted by atomic mass is 16.2. The second-order valence-corrected chi connectivity index (χ2v) is 9.33. The Hall–Kier alpha value is -3.35. The Labute approximate surface area is 195 Å². The van der Waals surface area contributed by atoms with Crippen molar-refractivity contribution < 1.29 is 14.4 Å². The van der Waals surface area contributed by atoms with E-state index in [2.05, 4.69) is 10.2 Å². The number of piperidine rings is 1. The number of likely N-dealkylation sites (N-methyl/N-ethyl adjacent to an activating group) is 1. The van der Waals surface area contributed by atoms with Gasteiger partial charge in [-0.2, -0.15) is 0 Å². The molecule has 0 bridgehead atoms. The van der Waals surface area contributed by atoms with E-state index in [4.69, 9.17) is 0 Å². The summed E-state index contributed by atoms with van der Waals surface area (Å²) in [4.78, 5) is 45.1. The zero-order valence-corrected chi connectivity index (χ0v) is 19.5. The molecule has 33 heavy (non-hydrogen) atoms. The molecule has 2 aliphatic heterocycles. The third kappa shape index (κ3) is 4.32. The van der Waals surface area contributed by atoms with Gasteiger partial charge in [0.15, 0.2) is 0 Å². The van der Waals surface area contributed by atoms with Crippen molar-refractivity contribution in [2.45, 2.75) is 38.3 Å². The summed E-state index contributed by atoms with van der Waals surface area (Å²) in [6, 6.07) is 18.3. The minimum atomic E-state index is -0.631. The van der Waals surface area contributed by atoms with Crippen molar-refractivity contribution in [1.82, 2.24) is 15.1 Å². The molecule has 7 nitrogen and oxygen atoms in total. The van der Waals surface area contributed by atoms with Crippen LogP contribution in [-0.4, -0.2) is 65.9 Å². The van der Waals surface area contributed by atoms with E-state index in [-0.39, 0.29) is 23.6 Å². The molecule has 2 fully saturated rings. The van der Waals surface area contributed by atoms with Crippen LogP contribution in [0.25, 0.3) is 0 Å². The molecule has 0 aliphatic carbocycles. The number of benzene rings is 2. The lowest BCUT2D eigenvalue weighted by atomic mass is 9.85. The first-order valence-electron chi connectivity index (χ1n) is 11.6. The van der Waals surface area contributed by atoms with E-state index in [1.165, 1.54) is 0 Å². The fourth-order valence-corrected chi connectivity index (χ4v) is 4.92. The van der Waals surface area contributed by atoms with Gasteiger partial charge in [0.05, 0.1) is 6.67 Å². The molecule has 2 aromatic carbocycles. The standard InChI is InChI=1S/C26H32N4O3/c1-19(2)22(27-23(31)20-10-6-4-7-11-20)24(32)29-16-14-26(15-17-29)25(33)28(3)18-30(26)21-12-8-5-9-13-21/h4-13,19,22H,14-18H2,1-3H3,(H,27,31). The summed E-state index contributed by atoms with van der Waals surface area (Å²) in [6.07, 6.45) is 1.13. The lowest BCUT2D eigenvalue weighted by Gasteiger charge is -2.44. The SMILES string of the molecule is CC(C)C(NC(=O)c1ccccc1)C(=O)N1CCC2(CC1)C(=O)N(C)CN2c1ccccc1. The van der Waals surface area contributed by atoms with Crippen molar-refractivity contribution >= 4 is 23.4 Å². The van der Waals surface area contributed by atoms with Gasteiger partial charge in [0.25, 0.3) is 5.91 Å². The Morgan fingerprint density at radius 3 is 2.09 bits per heavy atom. The van der Waals surface area contributed by atoms with Crippen molar-refractivity contribution in [3.8, 4) is 0 Å². The van der Waals surface area contributed by atoms with Crippen LogP contribution in [0.2, 0.25) is 0 Å². The Morgan fingerprint density at radius 2 is 1.52 bits per heavy atom. The number of hydrogen-bond donors (Lipinski definition) is 1. The maximum absolute atomic E-state index is 13.4. The zero-order chi connectivity index (χ0) is 23.6. The van der Waals surface area contributed by atoms with Gasteiger partial charge in [-0.25, -0.2) is 0 Å². The second kappa shape index (κ2) is 9.25. The van der Waals surface area contributed by atoms with Crippen molar-refractivity contribution in [1.29, 1.82) is 0 Å². The molecule has 1 unspecified atom stereocenters. The van der Waals surface area contributed by atoms with E-state index >= 15 is 0 Å². The van der Waals surface area contributed by atoms with Gasteiger partial charge < -0.3 is 20.0 Å². The lowest BCUT2D eigenvalue weighted by molar-refractivity contribution is -0.139. The quantitative estimate of drug-likeness (QED) is 0.764. The maximum Gasteiger partial charge on any atom is 0.251 e. The summed E-state index contributed by atoms with van der Waals surface area (Å²) in [5.41, 5.74) is 0.921. The van der Waals surface area contributed by atoms with Gasteiger partial charge in [0.2, 0.25) is 11.8 Å². The summed E-state index contributed by atoms with van der Waals surface area (Å²) in [5.74, 6) is -0.287. The maximum atomic E-state index is 13.4. The molecule has 0 radical (unpaired) electrons. The Kier molecular flexibility index (Phi) is 6.40. The molecule has 1 N–H and O–H groups in total. The molecule has 7 heteroatoms. The summed E-state index contributed by atoms with van der Waals surface area (Å²) in [6.45, 7) is 5.37. The average molecular weight is 449 g/mol. The fraction of sp³-hybridized carbons (Fsp3) is 0.423. The highest BCUT2D eigenvalue weighted by Crippen LogP contribution is 2.39. The number of carbonyl (C=O) groups excluding carboxylic acids is 3. The van der Waals surface area contributed by atoms with Crippen molar-refractivity contribution in [3.05, 3.63) is 66.2 Å². The van der Waals surface area contributed by atoms with Crippen LogP contribution in [0.3, 0.4) is 0 Å². The van der Waals surface area contributed by atoms with Gasteiger partial charge in [-0.3, -0.25) is 14.4 Å². The van der Waals surface area contributed by atoms with Gasteiger partial charge in [-0.1, -0.05) is 50.2 Å². The molecule has 4 rings (SSSR count). The van der Waals surface area contributed by atoms with Gasteiger partial charge in [0.1, 0.15) is 11.6 Å². The average Bonchev–Trinajstić information content (AvgIpc) is 3.08. The molecule has 1 atom stereocenters. The fourth-order valence-electron chi connectivity index (χ4n) is 4.92. The van der Waals surface area contributed by atoms with Crippen LogP contribution >= 0.6 is 0 Å². The molecule has 2 heterocycles. The Morgan fingerprint density at radius 1 is 0.939 bits per heavy atom. The molecule has 2 saturated heterocycles. The van der Waals surface area contributed by atoms with Crippen molar-refractivity contribution in [2.75, 3.05) is 31.7 Å². The Balaban J connectivity index is 1.48. The molecule has 1 spiro atoms. The van der Waals surface area contributed by atoms with Gasteiger partial charge >= 0.3 is 0 Å². The summed E-state index contributed by atoms with van der Waals surface area (Å²) < 4.78 is 0. The van der Waals surface area contributed by atoms with E-state index < -0.39 is 11.6 Å². The van der Waals surface area contributed by atoms with E-state index in [1.54, 1.807) is 34.1 Å². The molecular formula is C26H32N4O3. The van der Waals surface area contributed by atoms with Crippen LogP contribution in [-0.2, 0) is 9.59 Å². The molecular weight excluding hydrogens is 416 g/mol. The van der Waals surface area contributed by atoms with E-state index in [0.717, 1.165) is 5.69 Å². The monoisotopic (exact) mass is 448 g/mol. The van der Waals surface area contributed by atoms with Crippen LogP contribution < -0.4 is 10.2 Å². The Bertz CT molecular complexity index is 1000. The van der Waals surface area contributed by atoms with Crippen LogP contribution in [0.1, 0.15) is 37.0 Å². The minimum absolute atomic E-state index is 0.0545. The van der Waals surface area contributed by atoms with E-state index in [9.17, 15) is 14.4 Å². The van der Waals surface area contributed by atoms with Crippen molar-refractivity contribution in [2.24, 2.45) is 5.92 Å². The predicted octanol–water partition coefficient (Wildman–Crippen LogP) is 2.74. The smallest absolute Gasteiger partial charge is 0.251 e. The number of para-hydroxylation sites is 1. The number of carbonyl (C=O) groups is 3. The zero-order valence-electron chi connectivity index (χ0n) is 19.5. The van der Waals surface area contributed by atoms with E-state index in [0.29, 0.717) is 38.2 Å². The van der Waals surface area contributed by atoms with Crippen molar-refractivity contribution in [3.63, 3.8) is 0 Å². The largest absolute Gasteiger partial charge is 0.341 e. The predicted molar refractivity (Wildman–Crippen MR) is 128 cm³/mol. The first-order valence-corrected chi connectivity index (χ1v) is 11.6. The van der Waals surface area contributed by atoms with Crippen LogP contribution in [0.4, 0.5) is 5.69 Å². The molecule has 3 amide bonds. The third-order valence-corrected chi connectivity index (χ3v) is 6.84. The topological polar surface area (TPSA) is 73.0 Å². The number of rotatable bonds is 5. The highest BCUT2D eigenvalue weighted by Gasteiger charge is 2.53. The normalized spacial score (nSPS) is 18.7. The molecule has 2 aromatic rings. The summed E-state index contributed by atoms with van der Waals surface area (Å²) in [7, 11) is 1.83. The van der Waals surface area contributed by atoms with Crippen LogP contribution in [0.5, 0.6) is 0 Å². The molecule has 174 valence electrons. The van der Waals surface area contributed by atoms with Gasteiger partial charge in [-0.15, -0.1) is 0 Å². The van der Waals surface area contributed by atoms with Gasteiger partial charge in [0, 0.05) is 31.4 Å². The highest BCUT2D eigenvalue weighted by molar-refractivity contribution is 5.98. The molecule has 0 saturated carbocycles. The number of amides is 3. The number of likely N-dealkylation sites (tertiary alicyclic amines) is 1. The second-order valence-electron chi connectivity index (χ2n) is 9.33. The first-order chi connectivity index (χ1) is 15.8. The van der Waals surface area contributed by atoms with Crippen LogP contribution in [0, 0.1) is 5.92 Å². The van der Waals surface area contributed by atoms with Gasteiger partial charge in [-0.05, 0) is 43.0 Å². The molecule has 2 aliphatic rings. The summed E-state index contributed by atoms with van der Waals surface area (Å²) in [5, 5.41) is 2.93. The summed E-state index contributed by atoms with van der Waals surface area (Å²) >= 11 is 0. The van der Waals surface area contributed by atoms with Crippen LogP contribution in [0.15, 0.2) is 60.7 Å². The number of hydrogen-bond acceptors (Lipinski definition) is 4. The first kappa shape index (κ1) is 22.8. The lowest BCUT2D eigenvalue weighted by Crippen LogP contribution is -2.60. The number of nitrogens with one attached hydrogen (secondary N) is 1. The molecule has 0 aromatic heterocycles. The van der Waals surface area contributed by atoms with E-state index in [1.807, 2.05) is 57.3 Å². The number of anilines is 1. The number of nitrogens with zero attached hydrogens (tertiary/aromatic N) is 3. The minimum Gasteiger partial charge on any atom is -0.341 e. The third-order valence-electron chi connectivity index (χ3n) is 6.84.